The first-order valence-electron chi connectivity index (χ1n) is 7.04. The van der Waals surface area contributed by atoms with Crippen molar-refractivity contribution in [2.24, 2.45) is 4.40 Å². The van der Waals surface area contributed by atoms with Gasteiger partial charge in [-0.15, -0.1) is 0 Å². The minimum absolute atomic E-state index is 0.0996. The average molecular weight is 405 g/mol. The lowest BCUT2D eigenvalue weighted by molar-refractivity contribution is -0.00595. The maximum atomic E-state index is 12.3. The maximum absolute atomic E-state index is 12.3. The number of sulfonamides is 1. The molecule has 2 aromatic rings. The minimum Gasteiger partial charge on any atom is -0.361 e. The normalized spacial score (nSPS) is 17.2. The molecule has 0 aliphatic carbocycles. The molecule has 0 fully saturated rings. The molecular formula is C16H13BrN4O2S. The summed E-state index contributed by atoms with van der Waals surface area (Å²) in [5, 5.41) is 0. The topological polar surface area (TPSA) is 86.1 Å². The lowest BCUT2D eigenvalue weighted by Gasteiger charge is -2.15. The van der Waals surface area contributed by atoms with Gasteiger partial charge in [0.1, 0.15) is 0 Å². The SMILES string of the molecule is CN1c2ccccc2C(=[N+]=[N-])C1C=NS(=O)(=O)c1ccc(Br)cc1. The summed E-state index contributed by atoms with van der Waals surface area (Å²) >= 11 is 3.26. The van der Waals surface area contributed by atoms with Crippen LogP contribution in [0, 0.1) is 0 Å². The fraction of sp³-hybridized carbons (Fsp3) is 0.125. The van der Waals surface area contributed by atoms with Gasteiger partial charge in [-0.3, -0.25) is 0 Å². The van der Waals surface area contributed by atoms with Gasteiger partial charge in [0.05, 0.1) is 22.4 Å². The Hall–Kier alpha value is -2.28. The van der Waals surface area contributed by atoms with E-state index in [4.69, 9.17) is 0 Å². The molecule has 0 aromatic heterocycles. The predicted molar refractivity (Wildman–Crippen MR) is 96.2 cm³/mol. The number of rotatable bonds is 3. The molecule has 0 amide bonds. The first kappa shape index (κ1) is 16.6. The van der Waals surface area contributed by atoms with Crippen LogP contribution in [0.5, 0.6) is 0 Å². The smallest absolute Gasteiger partial charge is 0.328 e. The highest BCUT2D eigenvalue weighted by molar-refractivity contribution is 9.10. The number of nitrogens with zero attached hydrogens (tertiary/aromatic N) is 4. The summed E-state index contributed by atoms with van der Waals surface area (Å²) in [5.41, 5.74) is 11.3. The third-order valence-corrected chi connectivity index (χ3v) is 5.61. The molecule has 122 valence electrons. The van der Waals surface area contributed by atoms with Gasteiger partial charge in [-0.1, -0.05) is 28.1 Å². The van der Waals surface area contributed by atoms with Crippen LogP contribution in [0.3, 0.4) is 0 Å². The zero-order valence-electron chi connectivity index (χ0n) is 12.7. The number of hydrogen-bond donors (Lipinski definition) is 0. The van der Waals surface area contributed by atoms with Crippen molar-refractivity contribution in [1.29, 1.82) is 0 Å². The van der Waals surface area contributed by atoms with E-state index in [1.165, 1.54) is 18.3 Å². The largest absolute Gasteiger partial charge is 0.361 e. The Bertz CT molecular complexity index is 964. The lowest BCUT2D eigenvalue weighted by atomic mass is 10.1. The van der Waals surface area contributed by atoms with E-state index in [0.717, 1.165) is 15.7 Å². The number of anilines is 1. The van der Waals surface area contributed by atoms with Gasteiger partial charge in [0.25, 0.3) is 10.0 Å². The standard InChI is InChI=1S/C16H13BrN4O2S/c1-21-14-5-3-2-4-13(14)16(20-18)15(21)10-19-24(22,23)12-8-6-11(17)7-9-12/h2-10,15H,1H3. The number of fused-ring (bicyclic) bond motifs is 1. The summed E-state index contributed by atoms with van der Waals surface area (Å²) in [6.07, 6.45) is 1.28. The van der Waals surface area contributed by atoms with Gasteiger partial charge in [-0.2, -0.15) is 17.6 Å². The molecule has 6 nitrogen and oxygen atoms in total. The molecule has 0 N–H and O–H groups in total. The highest BCUT2D eigenvalue weighted by Gasteiger charge is 2.38. The molecular weight excluding hydrogens is 392 g/mol. The van der Waals surface area contributed by atoms with Gasteiger partial charge in [-0.05, 0) is 36.4 Å². The zero-order chi connectivity index (χ0) is 17.3. The molecule has 24 heavy (non-hydrogen) atoms. The Morgan fingerprint density at radius 1 is 1.21 bits per heavy atom. The van der Waals surface area contributed by atoms with Crippen molar-refractivity contribution in [1.82, 2.24) is 0 Å². The molecule has 0 spiro atoms. The molecule has 0 saturated heterocycles. The Morgan fingerprint density at radius 2 is 1.88 bits per heavy atom. The maximum Gasteiger partial charge on any atom is 0.328 e. The summed E-state index contributed by atoms with van der Waals surface area (Å²) < 4.78 is 29.2. The van der Waals surface area contributed by atoms with Crippen LogP contribution in [0.15, 0.2) is 62.3 Å². The molecule has 0 saturated carbocycles. The average Bonchev–Trinajstić information content (AvgIpc) is 2.85. The predicted octanol–water partition coefficient (Wildman–Crippen LogP) is 2.75. The third-order valence-electron chi connectivity index (χ3n) is 3.82. The second kappa shape index (κ2) is 6.32. The van der Waals surface area contributed by atoms with Crippen LogP contribution in [-0.2, 0) is 10.0 Å². The van der Waals surface area contributed by atoms with Crippen molar-refractivity contribution in [3.05, 3.63) is 64.1 Å². The van der Waals surface area contributed by atoms with Gasteiger partial charge in [0, 0.05) is 11.5 Å². The fourth-order valence-electron chi connectivity index (χ4n) is 2.58. The molecule has 1 aliphatic heterocycles. The molecule has 2 aromatic carbocycles. The molecule has 8 heteroatoms. The number of likely N-dealkylation sites (N-methyl/N-ethyl adjacent to an activating group) is 1. The number of benzene rings is 2. The number of hydrogen-bond acceptors (Lipinski definition) is 3. The second-order valence-corrected chi connectivity index (χ2v) is 7.79. The van der Waals surface area contributed by atoms with E-state index in [0.29, 0.717) is 5.71 Å². The minimum atomic E-state index is -3.82. The van der Waals surface area contributed by atoms with Crippen LogP contribution in [0.25, 0.3) is 5.53 Å². The van der Waals surface area contributed by atoms with Gasteiger partial charge in [0.15, 0.2) is 6.04 Å². The van der Waals surface area contributed by atoms with Gasteiger partial charge in [-0.25, -0.2) is 0 Å². The van der Waals surface area contributed by atoms with Crippen molar-refractivity contribution >= 4 is 43.6 Å². The summed E-state index contributed by atoms with van der Waals surface area (Å²) in [7, 11) is -2.03. The van der Waals surface area contributed by atoms with E-state index >= 15 is 0 Å². The first-order valence-corrected chi connectivity index (χ1v) is 9.27. The molecule has 3 rings (SSSR count). The van der Waals surface area contributed by atoms with E-state index in [2.05, 4.69) is 25.1 Å². The Labute approximate surface area is 148 Å². The second-order valence-electron chi connectivity index (χ2n) is 5.24. The van der Waals surface area contributed by atoms with Gasteiger partial charge >= 0.3 is 5.71 Å². The van der Waals surface area contributed by atoms with E-state index in [-0.39, 0.29) is 4.90 Å². The van der Waals surface area contributed by atoms with Crippen LogP contribution in [0.2, 0.25) is 0 Å². The monoisotopic (exact) mass is 404 g/mol. The molecule has 1 aliphatic rings. The van der Waals surface area contributed by atoms with Crippen molar-refractivity contribution in [2.45, 2.75) is 10.9 Å². The Balaban J connectivity index is 1.95. The molecule has 0 radical (unpaired) electrons. The van der Waals surface area contributed by atoms with Crippen LogP contribution in [0.4, 0.5) is 5.69 Å². The summed E-state index contributed by atoms with van der Waals surface area (Å²) in [6, 6.07) is 13.1. The zero-order valence-corrected chi connectivity index (χ0v) is 15.1. The number of halogens is 1. The summed E-state index contributed by atoms with van der Waals surface area (Å²) in [6.45, 7) is 0. The van der Waals surface area contributed by atoms with E-state index in [1.54, 1.807) is 19.2 Å². The van der Waals surface area contributed by atoms with E-state index < -0.39 is 16.1 Å². The Morgan fingerprint density at radius 3 is 2.54 bits per heavy atom. The van der Waals surface area contributed by atoms with Crippen molar-refractivity contribution in [3.63, 3.8) is 0 Å². The molecule has 1 atom stereocenters. The van der Waals surface area contributed by atoms with Gasteiger partial charge < -0.3 is 10.4 Å². The fourth-order valence-corrected chi connectivity index (χ4v) is 3.72. The van der Waals surface area contributed by atoms with Crippen molar-refractivity contribution in [2.75, 3.05) is 11.9 Å². The van der Waals surface area contributed by atoms with Crippen molar-refractivity contribution in [3.8, 4) is 0 Å². The lowest BCUT2D eigenvalue weighted by Crippen LogP contribution is -2.34. The van der Waals surface area contributed by atoms with E-state index in [1.807, 2.05) is 29.2 Å². The van der Waals surface area contributed by atoms with Crippen molar-refractivity contribution < 1.29 is 13.2 Å². The molecule has 1 heterocycles. The van der Waals surface area contributed by atoms with Gasteiger partial charge in [0.2, 0.25) is 0 Å². The quantitative estimate of drug-likeness (QED) is 0.447. The number of para-hydroxylation sites is 1. The Kier molecular flexibility index (Phi) is 4.36. The van der Waals surface area contributed by atoms with Crippen LogP contribution in [0.1, 0.15) is 5.56 Å². The molecule has 0 bridgehead atoms. The van der Waals surface area contributed by atoms with Crippen LogP contribution in [-0.4, -0.2) is 38.2 Å². The third kappa shape index (κ3) is 2.91. The van der Waals surface area contributed by atoms with Crippen LogP contribution >= 0.6 is 15.9 Å². The summed E-state index contributed by atoms with van der Waals surface area (Å²) in [4.78, 5) is 5.24. The highest BCUT2D eigenvalue weighted by atomic mass is 79.9. The van der Waals surface area contributed by atoms with Crippen LogP contribution < -0.4 is 4.90 Å². The molecule has 1 unspecified atom stereocenters. The highest BCUT2D eigenvalue weighted by Crippen LogP contribution is 2.29. The summed E-state index contributed by atoms with van der Waals surface area (Å²) in [5.74, 6) is 0. The first-order chi connectivity index (χ1) is 11.4. The van der Waals surface area contributed by atoms with E-state index in [9.17, 15) is 13.9 Å².